The van der Waals surface area contributed by atoms with Crippen LogP contribution in [-0.4, -0.2) is 12.0 Å². The molecule has 0 heterocycles. The Hall–Kier alpha value is -2.21. The zero-order valence-electron chi connectivity index (χ0n) is 12.0. The molecule has 23 heavy (non-hydrogen) atoms. The van der Waals surface area contributed by atoms with Crippen molar-refractivity contribution in [2.75, 3.05) is 5.32 Å². The smallest absolute Gasteiger partial charge is 0.418 e. The highest BCUT2D eigenvalue weighted by molar-refractivity contribution is 6.32. The van der Waals surface area contributed by atoms with Crippen molar-refractivity contribution in [2.45, 2.75) is 19.2 Å². The average molecular weight is 344 g/mol. The first-order chi connectivity index (χ1) is 10.8. The van der Waals surface area contributed by atoms with Crippen LogP contribution in [0.15, 0.2) is 48.5 Å². The zero-order chi connectivity index (χ0) is 17.0. The molecule has 0 bridgehead atoms. The fraction of sp³-hybridized carbons (Fsp3) is 0.188. The van der Waals surface area contributed by atoms with Crippen molar-refractivity contribution in [3.8, 4) is 5.75 Å². The second-order valence-electron chi connectivity index (χ2n) is 4.72. The number of alkyl halides is 3. The van der Waals surface area contributed by atoms with E-state index in [0.29, 0.717) is 5.02 Å². The minimum Gasteiger partial charge on any atom is -0.479 e. The Morgan fingerprint density at radius 1 is 1.13 bits per heavy atom. The Bertz CT molecular complexity index is 704. The Kier molecular flexibility index (Phi) is 5.15. The molecule has 2 rings (SSSR count). The van der Waals surface area contributed by atoms with Crippen LogP contribution in [0.2, 0.25) is 5.02 Å². The van der Waals surface area contributed by atoms with Gasteiger partial charge in [-0.25, -0.2) is 0 Å². The number of benzene rings is 2. The second kappa shape index (κ2) is 6.91. The maximum Gasteiger partial charge on any atom is 0.418 e. The first-order valence-corrected chi connectivity index (χ1v) is 7.05. The molecule has 2 aromatic rings. The van der Waals surface area contributed by atoms with E-state index in [1.165, 1.54) is 25.1 Å². The van der Waals surface area contributed by atoms with Gasteiger partial charge in [-0.3, -0.25) is 4.79 Å². The maximum absolute atomic E-state index is 12.9. The summed E-state index contributed by atoms with van der Waals surface area (Å²) in [5.74, 6) is -0.428. The summed E-state index contributed by atoms with van der Waals surface area (Å²) in [6.45, 7) is 1.43. The van der Waals surface area contributed by atoms with Gasteiger partial charge in [0.15, 0.2) is 6.10 Å². The van der Waals surface area contributed by atoms with Gasteiger partial charge in [-0.15, -0.1) is 0 Å². The summed E-state index contributed by atoms with van der Waals surface area (Å²) < 4.78 is 44.1. The number of carbonyl (C=O) groups excluding carboxylic acids is 1. The largest absolute Gasteiger partial charge is 0.479 e. The fourth-order valence-electron chi connectivity index (χ4n) is 1.86. The number of para-hydroxylation sites is 2. The molecule has 0 spiro atoms. The summed E-state index contributed by atoms with van der Waals surface area (Å²) in [5, 5.41) is 2.54. The van der Waals surface area contributed by atoms with Gasteiger partial charge in [-0.1, -0.05) is 35.9 Å². The topological polar surface area (TPSA) is 38.3 Å². The van der Waals surface area contributed by atoms with E-state index in [4.69, 9.17) is 16.3 Å². The average Bonchev–Trinajstić information content (AvgIpc) is 2.49. The minimum atomic E-state index is -4.56. The van der Waals surface area contributed by atoms with E-state index >= 15 is 0 Å². The number of anilines is 1. The van der Waals surface area contributed by atoms with Crippen LogP contribution in [0.5, 0.6) is 5.75 Å². The third-order valence-corrected chi connectivity index (χ3v) is 3.31. The highest BCUT2D eigenvalue weighted by Gasteiger charge is 2.34. The van der Waals surface area contributed by atoms with E-state index in [9.17, 15) is 18.0 Å². The standard InChI is InChI=1S/C16H13ClF3NO2/c1-10(23-14-9-5-3-7-12(14)17)15(22)21-13-8-4-2-6-11(13)16(18,19)20/h2-10H,1H3,(H,21,22). The van der Waals surface area contributed by atoms with Gasteiger partial charge in [0.25, 0.3) is 5.91 Å². The Morgan fingerprint density at radius 2 is 1.74 bits per heavy atom. The number of amides is 1. The normalized spacial score (nSPS) is 12.6. The van der Waals surface area contributed by atoms with Crippen molar-refractivity contribution in [3.63, 3.8) is 0 Å². The number of hydrogen-bond acceptors (Lipinski definition) is 2. The lowest BCUT2D eigenvalue weighted by atomic mass is 10.1. The molecule has 1 atom stereocenters. The van der Waals surface area contributed by atoms with Gasteiger partial charge in [0.2, 0.25) is 0 Å². The van der Waals surface area contributed by atoms with Crippen LogP contribution in [0, 0.1) is 0 Å². The van der Waals surface area contributed by atoms with Crippen LogP contribution in [0.25, 0.3) is 0 Å². The lowest BCUT2D eigenvalue weighted by molar-refractivity contribution is -0.137. The van der Waals surface area contributed by atoms with Crippen molar-refractivity contribution >= 4 is 23.2 Å². The predicted octanol–water partition coefficient (Wildman–Crippen LogP) is 4.76. The number of carbonyl (C=O) groups is 1. The third kappa shape index (κ3) is 4.39. The molecule has 0 saturated heterocycles. The third-order valence-electron chi connectivity index (χ3n) is 3.00. The molecule has 1 unspecified atom stereocenters. The summed E-state index contributed by atoms with van der Waals surface area (Å²) in [7, 11) is 0. The molecule has 0 aliphatic heterocycles. The van der Waals surface area contributed by atoms with E-state index in [1.807, 2.05) is 0 Å². The maximum atomic E-state index is 12.9. The van der Waals surface area contributed by atoms with Gasteiger partial charge < -0.3 is 10.1 Å². The van der Waals surface area contributed by atoms with Gasteiger partial charge in [-0.05, 0) is 31.2 Å². The second-order valence-corrected chi connectivity index (χ2v) is 5.13. The Labute approximate surface area is 136 Å². The van der Waals surface area contributed by atoms with E-state index in [-0.39, 0.29) is 11.4 Å². The molecule has 7 heteroatoms. The van der Waals surface area contributed by atoms with E-state index < -0.39 is 23.8 Å². The number of ether oxygens (including phenoxy) is 1. The zero-order valence-corrected chi connectivity index (χ0v) is 12.8. The van der Waals surface area contributed by atoms with E-state index in [1.54, 1.807) is 24.3 Å². The molecule has 0 radical (unpaired) electrons. The molecule has 122 valence electrons. The monoisotopic (exact) mass is 343 g/mol. The molecule has 2 aromatic carbocycles. The molecule has 1 N–H and O–H groups in total. The molecule has 0 aliphatic rings. The number of nitrogens with one attached hydrogen (secondary N) is 1. The van der Waals surface area contributed by atoms with Crippen LogP contribution in [-0.2, 0) is 11.0 Å². The number of hydrogen-bond donors (Lipinski definition) is 1. The van der Waals surface area contributed by atoms with E-state index in [2.05, 4.69) is 5.32 Å². The number of rotatable bonds is 4. The van der Waals surface area contributed by atoms with E-state index in [0.717, 1.165) is 6.07 Å². The summed E-state index contributed by atoms with van der Waals surface area (Å²) in [5.41, 5.74) is -1.24. The van der Waals surface area contributed by atoms with Gasteiger partial charge >= 0.3 is 6.18 Å². The summed E-state index contributed by atoms with van der Waals surface area (Å²) in [6, 6.07) is 11.3. The molecular weight excluding hydrogens is 331 g/mol. The molecular formula is C16H13ClF3NO2. The first-order valence-electron chi connectivity index (χ1n) is 6.67. The van der Waals surface area contributed by atoms with Crippen LogP contribution in [0.4, 0.5) is 18.9 Å². The molecule has 3 nitrogen and oxygen atoms in total. The van der Waals surface area contributed by atoms with Crippen molar-refractivity contribution in [3.05, 3.63) is 59.1 Å². The number of halogens is 4. The van der Waals surface area contributed by atoms with Crippen LogP contribution >= 0.6 is 11.6 Å². The Morgan fingerprint density at radius 3 is 2.39 bits per heavy atom. The lowest BCUT2D eigenvalue weighted by Crippen LogP contribution is -2.31. The highest BCUT2D eigenvalue weighted by atomic mass is 35.5. The molecule has 1 amide bonds. The minimum absolute atomic E-state index is 0.279. The summed E-state index contributed by atoms with van der Waals surface area (Å²) >= 11 is 5.91. The Balaban J connectivity index is 2.12. The van der Waals surface area contributed by atoms with Gasteiger partial charge in [0, 0.05) is 0 Å². The SMILES string of the molecule is CC(Oc1ccccc1Cl)C(=O)Nc1ccccc1C(F)(F)F. The van der Waals surface area contributed by atoms with Crippen LogP contribution in [0.1, 0.15) is 12.5 Å². The van der Waals surface area contributed by atoms with Gasteiger partial charge in [-0.2, -0.15) is 13.2 Å². The van der Waals surface area contributed by atoms with Gasteiger partial charge in [0.1, 0.15) is 5.75 Å². The fourth-order valence-corrected chi connectivity index (χ4v) is 2.04. The predicted molar refractivity (Wildman–Crippen MR) is 81.6 cm³/mol. The van der Waals surface area contributed by atoms with Crippen molar-refractivity contribution in [2.24, 2.45) is 0 Å². The molecule has 0 fully saturated rings. The lowest BCUT2D eigenvalue weighted by Gasteiger charge is -2.18. The summed E-state index contributed by atoms with van der Waals surface area (Å²) in [6.07, 6.45) is -5.58. The van der Waals surface area contributed by atoms with Crippen molar-refractivity contribution in [1.29, 1.82) is 0 Å². The summed E-state index contributed by atoms with van der Waals surface area (Å²) in [4.78, 5) is 12.1. The quantitative estimate of drug-likeness (QED) is 0.868. The van der Waals surface area contributed by atoms with Crippen molar-refractivity contribution < 1.29 is 22.7 Å². The molecule has 0 aromatic heterocycles. The molecule has 0 aliphatic carbocycles. The first kappa shape index (κ1) is 17.1. The van der Waals surface area contributed by atoms with Crippen LogP contribution in [0.3, 0.4) is 0 Å². The van der Waals surface area contributed by atoms with Crippen LogP contribution < -0.4 is 10.1 Å². The highest BCUT2D eigenvalue weighted by Crippen LogP contribution is 2.34. The van der Waals surface area contributed by atoms with Gasteiger partial charge in [0.05, 0.1) is 16.3 Å². The van der Waals surface area contributed by atoms with Crippen molar-refractivity contribution in [1.82, 2.24) is 0 Å². The molecule has 0 saturated carbocycles.